The number of quaternary nitrogens is 1. The molecule has 10 heteroatoms. The van der Waals surface area contributed by atoms with Gasteiger partial charge in [0.05, 0.1) is 33.8 Å². The predicted octanol–water partition coefficient (Wildman–Crippen LogP) is 24.2. The molecule has 0 rings (SSSR count). The molecule has 0 saturated heterocycles. The van der Waals surface area contributed by atoms with Gasteiger partial charge in [-0.05, 0) is 115 Å². The van der Waals surface area contributed by atoms with Gasteiger partial charge >= 0.3 is 5.97 Å². The Kier molecular flexibility index (Phi) is 67.0. The number of nitrogens with zero attached hydrogens (tertiary/aromatic N) is 1. The van der Waals surface area contributed by atoms with E-state index in [9.17, 15) is 19.0 Å². The third kappa shape index (κ3) is 70.8. The second-order valence-corrected chi connectivity index (χ2v) is 28.2. The number of esters is 1. The van der Waals surface area contributed by atoms with Gasteiger partial charge in [-0.25, -0.2) is 0 Å². The fraction of sp³-hybridized carbons (Fsp3) is 0.753. The van der Waals surface area contributed by atoms with Gasteiger partial charge in [0.25, 0.3) is 7.82 Å². The lowest BCUT2D eigenvalue weighted by molar-refractivity contribution is -0.870. The summed E-state index contributed by atoms with van der Waals surface area (Å²) >= 11 is 0. The quantitative estimate of drug-likeness (QED) is 0.0212. The van der Waals surface area contributed by atoms with Crippen LogP contribution in [-0.4, -0.2) is 69.4 Å². The summed E-state index contributed by atoms with van der Waals surface area (Å²) < 4.78 is 30.5. The van der Waals surface area contributed by atoms with Gasteiger partial charge in [-0.15, -0.1) is 0 Å². The standard InChI is InChI=1S/C81H145N2O7P/c1-7-10-13-16-19-22-25-27-29-31-33-35-37-39-41-43-45-47-49-51-53-55-58-61-64-67-70-73-80(84)82-78(77-89-91(86,87)88-76-75-83(4,5)6)79(72-69-66-63-60-57-24-21-18-15-12-9-3)90-81(85)74-71-68-65-62-59-56-54-52-50-48-46-44-42-40-38-36-34-32-30-28-26-23-20-17-14-11-8-2/h11,14,19-20,22-23,27-30,33-36,40,42,69,72,78-79H,7-10,12-13,15-18,21,24-26,31-32,37-39,41,43-68,70-71,73-77H2,1-6H3,(H-,82,84,86,87)/b14-11-,22-19-,23-20-,29-27-,30-28-,35-33-,36-34-,42-40-,72-69+. The summed E-state index contributed by atoms with van der Waals surface area (Å²) in [7, 11) is 1.18. The van der Waals surface area contributed by atoms with Gasteiger partial charge in [-0.3, -0.25) is 14.2 Å². The summed E-state index contributed by atoms with van der Waals surface area (Å²) in [5.74, 6) is -0.540. The topological polar surface area (TPSA) is 114 Å². The first-order valence-corrected chi connectivity index (χ1v) is 39.7. The van der Waals surface area contributed by atoms with E-state index in [1.54, 1.807) is 0 Å². The maximum absolute atomic E-state index is 13.6. The summed E-state index contributed by atoms with van der Waals surface area (Å²) in [4.78, 5) is 40.3. The number of nitrogens with one attached hydrogen (secondary N) is 1. The second-order valence-electron chi connectivity index (χ2n) is 26.8. The maximum Gasteiger partial charge on any atom is 0.306 e. The molecule has 0 aliphatic rings. The number of amides is 1. The fourth-order valence-corrected chi connectivity index (χ4v) is 11.6. The number of hydrogen-bond donors (Lipinski definition) is 1. The van der Waals surface area contributed by atoms with Crippen molar-refractivity contribution in [2.24, 2.45) is 0 Å². The Balaban J connectivity index is 4.93. The molecule has 0 heterocycles. The highest BCUT2D eigenvalue weighted by atomic mass is 31.2. The lowest BCUT2D eigenvalue weighted by Crippen LogP contribution is -2.47. The average molecular weight is 1290 g/mol. The van der Waals surface area contributed by atoms with Crippen molar-refractivity contribution in [1.82, 2.24) is 5.32 Å². The van der Waals surface area contributed by atoms with Crippen molar-refractivity contribution in [1.29, 1.82) is 0 Å². The third-order valence-corrected chi connectivity index (χ3v) is 17.7. The maximum atomic E-state index is 13.6. The van der Waals surface area contributed by atoms with E-state index in [2.05, 4.69) is 123 Å². The molecule has 0 aromatic heterocycles. The van der Waals surface area contributed by atoms with Crippen LogP contribution in [0.4, 0.5) is 0 Å². The normalized spacial score (nSPS) is 14.1. The van der Waals surface area contributed by atoms with Gasteiger partial charge in [0, 0.05) is 12.8 Å². The van der Waals surface area contributed by atoms with E-state index in [-0.39, 0.29) is 24.9 Å². The molecule has 1 N–H and O–H groups in total. The van der Waals surface area contributed by atoms with Gasteiger partial charge in [0.15, 0.2) is 0 Å². The van der Waals surface area contributed by atoms with Crippen molar-refractivity contribution in [2.75, 3.05) is 40.9 Å². The lowest BCUT2D eigenvalue weighted by atomic mass is 10.0. The molecule has 0 saturated carbocycles. The highest BCUT2D eigenvalue weighted by Gasteiger charge is 2.27. The smallest absolute Gasteiger partial charge is 0.306 e. The van der Waals surface area contributed by atoms with E-state index >= 15 is 0 Å². The minimum atomic E-state index is -4.71. The Morgan fingerprint density at radius 3 is 1.08 bits per heavy atom. The van der Waals surface area contributed by atoms with Crippen LogP contribution in [0.25, 0.3) is 0 Å². The first kappa shape index (κ1) is 87.7. The molecule has 0 aliphatic heterocycles. The summed E-state index contributed by atoms with van der Waals surface area (Å²) in [6.45, 7) is 6.72. The molecule has 3 atom stereocenters. The van der Waals surface area contributed by atoms with Gasteiger partial charge < -0.3 is 28.5 Å². The van der Waals surface area contributed by atoms with Crippen LogP contribution in [0.5, 0.6) is 0 Å². The highest BCUT2D eigenvalue weighted by molar-refractivity contribution is 7.45. The fourth-order valence-electron chi connectivity index (χ4n) is 10.9. The van der Waals surface area contributed by atoms with Crippen molar-refractivity contribution in [3.63, 3.8) is 0 Å². The third-order valence-electron chi connectivity index (χ3n) is 16.7. The molecular formula is C81H145N2O7P. The van der Waals surface area contributed by atoms with Crippen LogP contribution in [0.2, 0.25) is 0 Å². The molecule has 0 bridgehead atoms. The summed E-state index contributed by atoms with van der Waals surface area (Å²) in [6.07, 6.45) is 96.5. The average Bonchev–Trinajstić information content (AvgIpc) is 3.03. The largest absolute Gasteiger partial charge is 0.756 e. The van der Waals surface area contributed by atoms with Crippen LogP contribution >= 0.6 is 7.82 Å². The summed E-state index contributed by atoms with van der Waals surface area (Å²) in [5.41, 5.74) is 0. The Bertz CT molecular complexity index is 1930. The van der Waals surface area contributed by atoms with Crippen molar-refractivity contribution in [3.8, 4) is 0 Å². The van der Waals surface area contributed by atoms with Crippen molar-refractivity contribution in [2.45, 2.75) is 354 Å². The van der Waals surface area contributed by atoms with E-state index in [1.807, 2.05) is 33.3 Å². The van der Waals surface area contributed by atoms with Crippen LogP contribution in [0.15, 0.2) is 109 Å². The van der Waals surface area contributed by atoms with Crippen LogP contribution in [0.3, 0.4) is 0 Å². The first-order valence-electron chi connectivity index (χ1n) is 38.2. The Morgan fingerprint density at radius 1 is 0.396 bits per heavy atom. The SMILES string of the molecule is CC/C=C\C/C=C\C/C=C\C/C=C\C/C=C\CCCCCCCCCCCCCC(=O)OC(/C=C/CCCCCCCCCCC)C(COP(=O)([O-])OCC[N+](C)(C)C)NC(=O)CCCCCCCCCCCCCCCC/C=C\C/C=C\C/C=C\CCCCC. The van der Waals surface area contributed by atoms with Crippen LogP contribution in [0.1, 0.15) is 342 Å². The van der Waals surface area contributed by atoms with E-state index in [4.69, 9.17) is 13.8 Å². The number of carbonyl (C=O) groups excluding carboxylic acids is 2. The van der Waals surface area contributed by atoms with Gasteiger partial charge in [-0.2, -0.15) is 0 Å². The summed E-state index contributed by atoms with van der Waals surface area (Å²) in [6, 6.07) is -0.896. The molecule has 0 aromatic carbocycles. The Morgan fingerprint density at radius 2 is 0.703 bits per heavy atom. The molecule has 0 fully saturated rings. The molecule has 0 spiro atoms. The van der Waals surface area contributed by atoms with E-state index in [1.165, 1.54) is 199 Å². The number of allylic oxidation sites excluding steroid dienone is 17. The van der Waals surface area contributed by atoms with Gasteiger partial charge in [-0.1, -0.05) is 323 Å². The highest BCUT2D eigenvalue weighted by Crippen LogP contribution is 2.38. The number of ether oxygens (including phenoxy) is 1. The van der Waals surface area contributed by atoms with Crippen molar-refractivity contribution < 1.29 is 37.3 Å². The monoisotopic (exact) mass is 1290 g/mol. The molecule has 3 unspecified atom stereocenters. The molecule has 9 nitrogen and oxygen atoms in total. The van der Waals surface area contributed by atoms with Crippen LogP contribution in [-0.2, 0) is 27.9 Å². The number of phosphoric ester groups is 1. The zero-order chi connectivity index (χ0) is 66.3. The number of hydrogen-bond acceptors (Lipinski definition) is 7. The second kappa shape index (κ2) is 69.5. The number of rotatable bonds is 69. The summed E-state index contributed by atoms with van der Waals surface area (Å²) in [5, 5.41) is 3.05. The minimum Gasteiger partial charge on any atom is -0.756 e. The van der Waals surface area contributed by atoms with Crippen molar-refractivity contribution >= 4 is 19.7 Å². The van der Waals surface area contributed by atoms with Crippen LogP contribution < -0.4 is 10.2 Å². The van der Waals surface area contributed by atoms with E-state index in [0.29, 0.717) is 17.4 Å². The molecule has 526 valence electrons. The Labute approximate surface area is 563 Å². The molecule has 1 amide bonds. The van der Waals surface area contributed by atoms with Gasteiger partial charge in [0.2, 0.25) is 5.91 Å². The predicted molar refractivity (Wildman–Crippen MR) is 394 cm³/mol. The van der Waals surface area contributed by atoms with E-state index < -0.39 is 26.6 Å². The van der Waals surface area contributed by atoms with E-state index in [0.717, 1.165) is 109 Å². The molecule has 91 heavy (non-hydrogen) atoms. The number of phosphoric acid groups is 1. The zero-order valence-electron chi connectivity index (χ0n) is 60.3. The zero-order valence-corrected chi connectivity index (χ0v) is 61.2. The van der Waals surface area contributed by atoms with Crippen molar-refractivity contribution in [3.05, 3.63) is 109 Å². The minimum absolute atomic E-state index is 0.0261. The molecule has 0 aliphatic carbocycles. The number of carbonyl (C=O) groups is 2. The molecular weight excluding hydrogens is 1140 g/mol. The molecule has 0 aromatic rings. The molecule has 0 radical (unpaired) electrons. The van der Waals surface area contributed by atoms with Gasteiger partial charge in [0.1, 0.15) is 19.3 Å². The number of likely N-dealkylation sites (N-methyl/N-ethyl adjacent to an activating group) is 1. The Hall–Kier alpha value is -3.33. The van der Waals surface area contributed by atoms with Crippen LogP contribution in [0, 0.1) is 0 Å². The first-order chi connectivity index (χ1) is 44.4. The lowest BCUT2D eigenvalue weighted by Gasteiger charge is -2.30. The number of unbranched alkanes of at least 4 members (excludes halogenated alkanes) is 37.